The second-order valence-electron chi connectivity index (χ2n) is 11.1. The first kappa shape index (κ1) is 49.0. The summed E-state index contributed by atoms with van der Waals surface area (Å²) in [5.74, 6) is 0. The maximum Gasteiger partial charge on any atom is 0.0629 e. The predicted molar refractivity (Wildman–Crippen MR) is 221 cm³/mol. The number of aromatic nitrogens is 1. The second-order valence-corrected chi connectivity index (χ2v) is 11.1. The number of rotatable bonds is 17. The lowest BCUT2D eigenvalue weighted by molar-refractivity contribution is 0.202. The molecule has 48 heavy (non-hydrogen) atoms. The van der Waals surface area contributed by atoms with Crippen molar-refractivity contribution in [2.75, 3.05) is 26.0 Å². The van der Waals surface area contributed by atoms with E-state index >= 15 is 0 Å². The van der Waals surface area contributed by atoms with Gasteiger partial charge in [0, 0.05) is 37.7 Å². The topological polar surface area (TPSA) is 66.2 Å². The van der Waals surface area contributed by atoms with E-state index in [4.69, 9.17) is 0 Å². The molecule has 0 aliphatic heterocycles. The molecule has 2 aromatic rings. The van der Waals surface area contributed by atoms with Crippen molar-refractivity contribution in [3.8, 4) is 0 Å². The van der Waals surface area contributed by atoms with E-state index in [0.29, 0.717) is 0 Å². The summed E-state index contributed by atoms with van der Waals surface area (Å²) in [5, 5.41) is 5.36. The standard InChI is InChI=1S/C17H25N3.C16H23N.C7H16.C2H6.CH5N/c1-5-8-12-20(19-15(4)7-3)14-16-10-11-18-17(13-16)9-6-2;1-6-14(7-2)10-12(3)15-8-9-16(17-5)13(4)11-15;1-3-5-7-6-4-2;2*1-2/h6-7,9-11,13,19H,3-5,8,12,14H2,1-2H3;6,8-11,17H,7H2,1-5H3;3-7H2,1-2H3;1-2H3;2H2,1H3/b9-6-;12-10+,14-6+;;;. The Bertz CT molecular complexity index is 1160. The first-order valence-corrected chi connectivity index (χ1v) is 18.3. The summed E-state index contributed by atoms with van der Waals surface area (Å²) in [5.41, 5.74) is 17.3. The zero-order valence-electron chi connectivity index (χ0n) is 33.3. The highest BCUT2D eigenvalue weighted by atomic mass is 15.5. The molecular weight excluding hydrogens is 587 g/mol. The fourth-order valence-electron chi connectivity index (χ4n) is 4.46. The van der Waals surface area contributed by atoms with Gasteiger partial charge in [-0.1, -0.05) is 123 Å². The van der Waals surface area contributed by atoms with Gasteiger partial charge in [-0.3, -0.25) is 4.98 Å². The van der Waals surface area contributed by atoms with Gasteiger partial charge in [-0.05, 0) is 106 Å². The minimum Gasteiger partial charge on any atom is -0.388 e. The van der Waals surface area contributed by atoms with Gasteiger partial charge in [-0.15, -0.1) is 0 Å². The number of aryl methyl sites for hydroxylation is 1. The average Bonchev–Trinajstić information content (AvgIpc) is 3.12. The Morgan fingerprint density at radius 2 is 1.56 bits per heavy atom. The number of unbranched alkanes of at least 4 members (excludes halogenated alkanes) is 5. The predicted octanol–water partition coefficient (Wildman–Crippen LogP) is 12.3. The Labute approximate surface area is 298 Å². The summed E-state index contributed by atoms with van der Waals surface area (Å²) in [6.07, 6.45) is 22.4. The zero-order chi connectivity index (χ0) is 37.2. The van der Waals surface area contributed by atoms with Crippen LogP contribution in [0.4, 0.5) is 5.69 Å². The Morgan fingerprint density at radius 1 is 0.938 bits per heavy atom. The number of anilines is 1. The fraction of sp³-hybridized carbons (Fsp3) is 0.512. The number of allylic oxidation sites excluding steroid dienone is 6. The third-order valence-corrected chi connectivity index (χ3v) is 7.23. The molecule has 0 aliphatic rings. The van der Waals surface area contributed by atoms with Crippen LogP contribution in [0.5, 0.6) is 0 Å². The molecule has 0 radical (unpaired) electrons. The summed E-state index contributed by atoms with van der Waals surface area (Å²) < 4.78 is 0. The number of nitrogens with two attached hydrogens (primary N) is 1. The van der Waals surface area contributed by atoms with Gasteiger partial charge >= 0.3 is 0 Å². The maximum atomic E-state index is 4.50. The third kappa shape index (κ3) is 24.7. The lowest BCUT2D eigenvalue weighted by Gasteiger charge is -2.24. The molecule has 0 saturated carbocycles. The Balaban J connectivity index is -0.000000654. The quantitative estimate of drug-likeness (QED) is 0.0894. The minimum absolute atomic E-state index is 0.819. The number of hydrogen-bond donors (Lipinski definition) is 3. The molecule has 272 valence electrons. The maximum absolute atomic E-state index is 4.50. The van der Waals surface area contributed by atoms with E-state index in [1.165, 1.54) is 79.1 Å². The van der Waals surface area contributed by atoms with Gasteiger partial charge in [0.25, 0.3) is 0 Å². The normalized spacial score (nSPS) is 10.7. The van der Waals surface area contributed by atoms with Crippen molar-refractivity contribution in [3.05, 3.63) is 108 Å². The molecule has 0 bridgehead atoms. The van der Waals surface area contributed by atoms with E-state index < -0.39 is 0 Å². The van der Waals surface area contributed by atoms with E-state index in [-0.39, 0.29) is 0 Å². The van der Waals surface area contributed by atoms with Crippen LogP contribution in [0, 0.1) is 6.92 Å². The van der Waals surface area contributed by atoms with Gasteiger partial charge in [-0.25, -0.2) is 5.01 Å². The van der Waals surface area contributed by atoms with E-state index in [1.807, 2.05) is 52.2 Å². The molecule has 0 aliphatic carbocycles. The Morgan fingerprint density at radius 3 is 2.04 bits per heavy atom. The smallest absolute Gasteiger partial charge is 0.0629 e. The van der Waals surface area contributed by atoms with Crippen LogP contribution < -0.4 is 16.5 Å². The van der Waals surface area contributed by atoms with Gasteiger partial charge in [0.2, 0.25) is 0 Å². The molecule has 1 aromatic heterocycles. The molecule has 5 nitrogen and oxygen atoms in total. The number of benzene rings is 1. The van der Waals surface area contributed by atoms with Gasteiger partial charge in [0.1, 0.15) is 0 Å². The van der Waals surface area contributed by atoms with Crippen LogP contribution in [0.15, 0.2) is 85.3 Å². The van der Waals surface area contributed by atoms with Crippen LogP contribution in [-0.4, -0.2) is 30.6 Å². The van der Waals surface area contributed by atoms with Gasteiger partial charge < -0.3 is 16.5 Å². The van der Waals surface area contributed by atoms with E-state index in [1.54, 1.807) is 6.08 Å². The molecule has 0 fully saturated rings. The highest BCUT2D eigenvalue weighted by Gasteiger charge is 2.06. The van der Waals surface area contributed by atoms with Crippen LogP contribution in [0.25, 0.3) is 11.6 Å². The van der Waals surface area contributed by atoms with Crippen molar-refractivity contribution in [3.63, 3.8) is 0 Å². The monoisotopic (exact) mass is 662 g/mol. The lowest BCUT2D eigenvalue weighted by atomic mass is 10.0. The van der Waals surface area contributed by atoms with E-state index in [9.17, 15) is 0 Å². The largest absolute Gasteiger partial charge is 0.388 e. The SMILES string of the molecule is C/C=C(/C=C(\C)c1ccc(NC)c(C)c1)CC.C=CC(=C)NN(CCCC)Cc1ccnc(/C=C\C)c1.CC.CCCCCCC.CN. The molecule has 0 atom stereocenters. The van der Waals surface area contributed by atoms with Crippen molar-refractivity contribution in [2.45, 2.75) is 127 Å². The number of hydrazine groups is 1. The van der Waals surface area contributed by atoms with E-state index in [2.05, 4.69) is 125 Å². The van der Waals surface area contributed by atoms with Crippen LogP contribution in [0.1, 0.15) is 136 Å². The molecule has 4 N–H and O–H groups in total. The minimum atomic E-state index is 0.819. The lowest BCUT2D eigenvalue weighted by Crippen LogP contribution is -2.36. The van der Waals surface area contributed by atoms with E-state index in [0.717, 1.165) is 37.3 Å². The summed E-state index contributed by atoms with van der Waals surface area (Å²) in [4.78, 5) is 4.32. The number of nitrogens with zero attached hydrogens (tertiary/aromatic N) is 2. The fourth-order valence-corrected chi connectivity index (χ4v) is 4.46. The first-order valence-electron chi connectivity index (χ1n) is 18.3. The highest BCUT2D eigenvalue weighted by Crippen LogP contribution is 2.22. The van der Waals surface area contributed by atoms with Crippen molar-refractivity contribution in [2.24, 2.45) is 5.73 Å². The summed E-state index contributed by atoms with van der Waals surface area (Å²) in [7, 11) is 3.46. The summed E-state index contributed by atoms with van der Waals surface area (Å²) >= 11 is 0. The molecule has 5 heteroatoms. The number of hydrogen-bond acceptors (Lipinski definition) is 5. The third-order valence-electron chi connectivity index (χ3n) is 7.23. The highest BCUT2D eigenvalue weighted by molar-refractivity contribution is 5.69. The Kier molecular flexibility index (Phi) is 35.6. The molecule has 1 heterocycles. The van der Waals surface area contributed by atoms with Gasteiger partial charge in [0.05, 0.1) is 5.69 Å². The number of pyridine rings is 1. The van der Waals surface area contributed by atoms with Crippen molar-refractivity contribution in [1.29, 1.82) is 0 Å². The zero-order valence-corrected chi connectivity index (χ0v) is 33.3. The average molecular weight is 662 g/mol. The second kappa shape index (κ2) is 34.9. The van der Waals surface area contributed by atoms with Crippen LogP contribution >= 0.6 is 0 Å². The molecule has 2 rings (SSSR count). The van der Waals surface area contributed by atoms with Crippen LogP contribution in [0.3, 0.4) is 0 Å². The van der Waals surface area contributed by atoms with Gasteiger partial charge in [0.15, 0.2) is 0 Å². The molecule has 1 aromatic carbocycles. The molecule has 0 spiro atoms. The van der Waals surface area contributed by atoms with Crippen molar-refractivity contribution < 1.29 is 0 Å². The molecule has 0 amide bonds. The first-order chi connectivity index (χ1) is 23.2. The van der Waals surface area contributed by atoms with Crippen molar-refractivity contribution >= 4 is 17.3 Å². The van der Waals surface area contributed by atoms with Gasteiger partial charge in [-0.2, -0.15) is 0 Å². The van der Waals surface area contributed by atoms with Crippen LogP contribution in [-0.2, 0) is 6.54 Å². The molecule has 0 saturated heterocycles. The van der Waals surface area contributed by atoms with Crippen molar-refractivity contribution in [1.82, 2.24) is 15.4 Å². The van der Waals surface area contributed by atoms with Crippen LogP contribution in [0.2, 0.25) is 0 Å². The Hall–Kier alpha value is -3.41. The number of nitrogens with one attached hydrogen (secondary N) is 2. The molecular formula is C43H75N5. The summed E-state index contributed by atoms with van der Waals surface area (Å²) in [6, 6.07) is 10.7. The summed E-state index contributed by atoms with van der Waals surface area (Å²) in [6.45, 7) is 30.7. The molecule has 0 unspecified atom stereocenters.